The Morgan fingerprint density at radius 2 is 1.66 bits per heavy atom. The van der Waals surface area contributed by atoms with Crippen LogP contribution in [0.1, 0.15) is 18.4 Å². The Balaban J connectivity index is 1.15. The van der Waals surface area contributed by atoms with Gasteiger partial charge in [0.15, 0.2) is 0 Å². The summed E-state index contributed by atoms with van der Waals surface area (Å²) >= 11 is 12.3. The smallest absolute Gasteiger partial charge is 0.0737 e. The highest BCUT2D eigenvalue weighted by Gasteiger charge is 2.57. The minimum absolute atomic E-state index is 0.473. The molecule has 3 aromatic rings. The lowest BCUT2D eigenvalue weighted by atomic mass is 9.98. The lowest BCUT2D eigenvalue weighted by Crippen LogP contribution is -2.52. The molecular formula is C26H28Cl2N4. The minimum atomic E-state index is 0.473. The molecule has 3 aliphatic rings. The van der Waals surface area contributed by atoms with E-state index in [9.17, 15) is 0 Å². The Hall–Kier alpha value is -1.85. The van der Waals surface area contributed by atoms with E-state index in [0.717, 1.165) is 61.4 Å². The molecule has 6 heteroatoms. The normalized spacial score (nSPS) is 23.3. The largest absolute Gasteiger partial charge is 0.369 e. The molecule has 1 unspecified atom stereocenters. The standard InChI is InChI=1S/C26H28Cl2N4/c27-20-3-1-19(2-4-20)16-30-11-13-31(14-12-30)25-17-32(18-26(25)8-9-26)24-7-10-29-23-15-21(28)5-6-22(23)24/h1-7,10,15,25H,8-9,11-14,16-18H2. The minimum Gasteiger partial charge on any atom is -0.369 e. The molecule has 166 valence electrons. The number of rotatable bonds is 4. The van der Waals surface area contributed by atoms with Crippen molar-refractivity contribution >= 4 is 39.8 Å². The van der Waals surface area contributed by atoms with Gasteiger partial charge in [0.2, 0.25) is 0 Å². The van der Waals surface area contributed by atoms with Crippen LogP contribution in [0.25, 0.3) is 10.9 Å². The molecule has 0 N–H and O–H groups in total. The van der Waals surface area contributed by atoms with Crippen LogP contribution in [0.4, 0.5) is 5.69 Å². The number of fused-ring (bicyclic) bond motifs is 1. The van der Waals surface area contributed by atoms with Gasteiger partial charge in [-0.2, -0.15) is 0 Å². The molecule has 0 radical (unpaired) electrons. The third-order valence-corrected chi connectivity index (χ3v) is 8.17. The van der Waals surface area contributed by atoms with Crippen LogP contribution in [0.3, 0.4) is 0 Å². The number of halogens is 2. The van der Waals surface area contributed by atoms with Gasteiger partial charge in [-0.25, -0.2) is 0 Å². The zero-order chi connectivity index (χ0) is 21.7. The van der Waals surface area contributed by atoms with E-state index in [-0.39, 0.29) is 0 Å². The highest BCUT2D eigenvalue weighted by molar-refractivity contribution is 6.31. The molecule has 6 rings (SSSR count). The number of aromatic nitrogens is 1. The van der Waals surface area contributed by atoms with Crippen molar-refractivity contribution in [3.05, 3.63) is 70.3 Å². The summed E-state index contributed by atoms with van der Waals surface area (Å²) in [6, 6.07) is 17.2. The van der Waals surface area contributed by atoms with Gasteiger partial charge < -0.3 is 4.90 Å². The molecule has 32 heavy (non-hydrogen) atoms. The van der Waals surface area contributed by atoms with Crippen LogP contribution < -0.4 is 4.90 Å². The van der Waals surface area contributed by atoms with Crippen LogP contribution in [-0.4, -0.2) is 60.1 Å². The van der Waals surface area contributed by atoms with Crippen LogP contribution in [0.5, 0.6) is 0 Å². The summed E-state index contributed by atoms with van der Waals surface area (Å²) in [6.45, 7) is 7.85. The molecule has 1 atom stereocenters. The second kappa shape index (κ2) is 8.18. The number of nitrogens with zero attached hydrogens (tertiary/aromatic N) is 4. The van der Waals surface area contributed by atoms with Crippen LogP contribution >= 0.6 is 23.2 Å². The molecule has 1 spiro atoms. The average molecular weight is 467 g/mol. The molecule has 3 fully saturated rings. The Labute approximate surface area is 199 Å². The van der Waals surface area contributed by atoms with Gasteiger partial charge in [0.05, 0.1) is 5.52 Å². The highest BCUT2D eigenvalue weighted by atomic mass is 35.5. The van der Waals surface area contributed by atoms with E-state index in [1.165, 1.54) is 29.5 Å². The quantitative estimate of drug-likeness (QED) is 0.518. The first-order valence-corrected chi connectivity index (χ1v) is 12.4. The zero-order valence-electron chi connectivity index (χ0n) is 18.2. The van der Waals surface area contributed by atoms with Gasteiger partial charge in [-0.15, -0.1) is 0 Å². The second-order valence-electron chi connectivity index (χ2n) is 9.69. The molecule has 2 aromatic carbocycles. The highest BCUT2D eigenvalue weighted by Crippen LogP contribution is 2.55. The van der Waals surface area contributed by atoms with Crippen LogP contribution in [0, 0.1) is 5.41 Å². The summed E-state index contributed by atoms with van der Waals surface area (Å²) in [7, 11) is 0. The Morgan fingerprint density at radius 3 is 2.41 bits per heavy atom. The fourth-order valence-electron chi connectivity index (χ4n) is 5.75. The maximum Gasteiger partial charge on any atom is 0.0737 e. The maximum absolute atomic E-state index is 6.21. The van der Waals surface area contributed by atoms with Gasteiger partial charge in [-0.05, 0) is 54.8 Å². The molecule has 3 heterocycles. The lowest BCUT2D eigenvalue weighted by Gasteiger charge is -2.40. The van der Waals surface area contributed by atoms with E-state index in [2.05, 4.69) is 43.9 Å². The molecule has 2 aliphatic heterocycles. The zero-order valence-corrected chi connectivity index (χ0v) is 19.7. The predicted octanol–water partition coefficient (Wildman–Crippen LogP) is 5.33. The maximum atomic E-state index is 6.21. The lowest BCUT2D eigenvalue weighted by molar-refractivity contribution is 0.0771. The number of benzene rings is 2. The van der Waals surface area contributed by atoms with Gasteiger partial charge in [-0.3, -0.25) is 14.8 Å². The molecule has 4 nitrogen and oxygen atoms in total. The van der Waals surface area contributed by atoms with Crippen molar-refractivity contribution in [1.82, 2.24) is 14.8 Å². The fourth-order valence-corrected chi connectivity index (χ4v) is 6.05. The molecular weight excluding hydrogens is 439 g/mol. The third kappa shape index (κ3) is 3.88. The van der Waals surface area contributed by atoms with E-state index in [4.69, 9.17) is 23.2 Å². The van der Waals surface area contributed by atoms with Crippen molar-refractivity contribution in [3.63, 3.8) is 0 Å². The summed E-state index contributed by atoms with van der Waals surface area (Å²) < 4.78 is 0. The van der Waals surface area contributed by atoms with Crippen molar-refractivity contribution in [3.8, 4) is 0 Å². The van der Waals surface area contributed by atoms with Crippen molar-refractivity contribution in [2.45, 2.75) is 25.4 Å². The number of hydrogen-bond donors (Lipinski definition) is 0. The summed E-state index contributed by atoms with van der Waals surface area (Å²) in [5.41, 5.74) is 4.11. The van der Waals surface area contributed by atoms with E-state index in [1.807, 2.05) is 30.5 Å². The molecule has 2 saturated heterocycles. The Morgan fingerprint density at radius 1 is 0.906 bits per heavy atom. The first kappa shape index (κ1) is 20.7. The van der Waals surface area contributed by atoms with Crippen molar-refractivity contribution in [2.75, 3.05) is 44.2 Å². The van der Waals surface area contributed by atoms with Gasteiger partial charge >= 0.3 is 0 Å². The first-order chi connectivity index (χ1) is 15.6. The molecule has 1 saturated carbocycles. The van der Waals surface area contributed by atoms with E-state index in [1.54, 1.807) is 0 Å². The fraction of sp³-hybridized carbons (Fsp3) is 0.423. The van der Waals surface area contributed by atoms with Crippen LogP contribution in [0.2, 0.25) is 10.0 Å². The van der Waals surface area contributed by atoms with Crippen molar-refractivity contribution in [2.24, 2.45) is 5.41 Å². The van der Waals surface area contributed by atoms with Crippen molar-refractivity contribution < 1.29 is 0 Å². The molecule has 1 aromatic heterocycles. The number of hydrogen-bond acceptors (Lipinski definition) is 4. The van der Waals surface area contributed by atoms with Crippen molar-refractivity contribution in [1.29, 1.82) is 0 Å². The topological polar surface area (TPSA) is 22.6 Å². The average Bonchev–Trinajstić information content (AvgIpc) is 3.48. The Bertz CT molecular complexity index is 1120. The summed E-state index contributed by atoms with van der Waals surface area (Å²) in [5.74, 6) is 0. The second-order valence-corrected chi connectivity index (χ2v) is 10.6. The predicted molar refractivity (Wildman–Crippen MR) is 133 cm³/mol. The van der Waals surface area contributed by atoms with E-state index < -0.39 is 0 Å². The van der Waals surface area contributed by atoms with Crippen LogP contribution in [-0.2, 0) is 6.54 Å². The number of piperazine rings is 1. The summed E-state index contributed by atoms with van der Waals surface area (Å²) in [4.78, 5) is 12.5. The summed E-state index contributed by atoms with van der Waals surface area (Å²) in [5, 5.41) is 2.77. The van der Waals surface area contributed by atoms with Gasteiger partial charge in [0.1, 0.15) is 0 Å². The number of pyridine rings is 1. The SMILES string of the molecule is Clc1ccc(CN2CCN(C3CN(c4ccnc5cc(Cl)ccc45)CC34CC4)CC2)cc1. The van der Waals surface area contributed by atoms with E-state index >= 15 is 0 Å². The summed E-state index contributed by atoms with van der Waals surface area (Å²) in [6.07, 6.45) is 4.64. The molecule has 0 bridgehead atoms. The van der Waals surface area contributed by atoms with Crippen LogP contribution in [0.15, 0.2) is 54.7 Å². The van der Waals surface area contributed by atoms with Gasteiger partial charge in [0, 0.05) is 84.6 Å². The number of anilines is 1. The van der Waals surface area contributed by atoms with Gasteiger partial charge in [-0.1, -0.05) is 35.3 Å². The van der Waals surface area contributed by atoms with Gasteiger partial charge in [0.25, 0.3) is 0 Å². The molecule has 1 aliphatic carbocycles. The first-order valence-electron chi connectivity index (χ1n) is 11.6. The monoisotopic (exact) mass is 466 g/mol. The van der Waals surface area contributed by atoms with E-state index in [0.29, 0.717) is 11.5 Å². The molecule has 0 amide bonds. The third-order valence-electron chi connectivity index (χ3n) is 7.69. The Kier molecular flexibility index (Phi) is 5.30.